The average Bonchev–Trinajstić information content (AvgIpc) is 3.08. The zero-order chi connectivity index (χ0) is 17.2. The van der Waals surface area contributed by atoms with E-state index < -0.39 is 0 Å². The van der Waals surface area contributed by atoms with E-state index in [1.165, 1.54) is 11.3 Å². The molecule has 0 aliphatic carbocycles. The van der Waals surface area contributed by atoms with Crippen LogP contribution < -0.4 is 5.32 Å². The Bertz CT molecular complexity index is 1040. The molecule has 0 aliphatic heterocycles. The molecule has 122 valence electrons. The molecule has 0 bridgehead atoms. The van der Waals surface area contributed by atoms with Crippen molar-refractivity contribution in [2.45, 2.75) is 0 Å². The van der Waals surface area contributed by atoms with Crippen molar-refractivity contribution in [3.63, 3.8) is 0 Å². The molecule has 0 unspecified atom stereocenters. The van der Waals surface area contributed by atoms with Gasteiger partial charge in [-0.05, 0) is 42.0 Å². The molecule has 5 heteroatoms. The fourth-order valence-electron chi connectivity index (χ4n) is 2.56. The largest absolute Gasteiger partial charge is 0.321 e. The lowest BCUT2D eigenvalue weighted by Crippen LogP contribution is -2.09. The minimum atomic E-state index is -0.147. The smallest absolute Gasteiger partial charge is 0.265 e. The molecule has 0 radical (unpaired) electrons. The maximum absolute atomic E-state index is 12.5. The molecule has 1 N–H and O–H groups in total. The molecule has 0 fully saturated rings. The molecule has 25 heavy (non-hydrogen) atoms. The van der Waals surface area contributed by atoms with Crippen molar-refractivity contribution >= 4 is 44.7 Å². The van der Waals surface area contributed by atoms with Crippen LogP contribution in [0, 0.1) is 0 Å². The fraction of sp³-hybridized carbons (Fsp3) is 0. The summed E-state index contributed by atoms with van der Waals surface area (Å²) in [6.45, 7) is 0. The monoisotopic (exact) mass is 364 g/mol. The number of aromatic nitrogens is 1. The summed E-state index contributed by atoms with van der Waals surface area (Å²) in [6.07, 6.45) is 1.84. The summed E-state index contributed by atoms with van der Waals surface area (Å²) in [5.41, 5.74) is 2.86. The van der Waals surface area contributed by atoms with Crippen molar-refractivity contribution in [2.24, 2.45) is 0 Å². The summed E-state index contributed by atoms with van der Waals surface area (Å²) in [4.78, 5) is 18.4. The maximum atomic E-state index is 12.5. The van der Waals surface area contributed by atoms with Gasteiger partial charge in [0.2, 0.25) is 0 Å². The molecule has 2 aromatic heterocycles. The first-order chi connectivity index (χ1) is 12.2. The minimum absolute atomic E-state index is 0.147. The second kappa shape index (κ2) is 6.67. The summed E-state index contributed by atoms with van der Waals surface area (Å²) < 4.78 is 0. The van der Waals surface area contributed by atoms with Gasteiger partial charge in [-0.3, -0.25) is 4.79 Å². The van der Waals surface area contributed by atoms with E-state index in [4.69, 9.17) is 11.6 Å². The summed E-state index contributed by atoms with van der Waals surface area (Å²) in [7, 11) is 0. The average molecular weight is 365 g/mol. The van der Waals surface area contributed by atoms with Gasteiger partial charge in [0.1, 0.15) is 4.83 Å². The van der Waals surface area contributed by atoms with Crippen LogP contribution in [-0.2, 0) is 0 Å². The van der Waals surface area contributed by atoms with Gasteiger partial charge in [0.15, 0.2) is 0 Å². The van der Waals surface area contributed by atoms with Crippen LogP contribution in [0.4, 0.5) is 5.69 Å². The lowest BCUT2D eigenvalue weighted by Gasteiger charge is -2.02. The molecule has 2 heterocycles. The quantitative estimate of drug-likeness (QED) is 0.494. The highest BCUT2D eigenvalue weighted by atomic mass is 35.5. The molecule has 3 nitrogen and oxygen atoms in total. The van der Waals surface area contributed by atoms with Crippen LogP contribution in [0.2, 0.25) is 5.02 Å². The highest BCUT2D eigenvalue weighted by Crippen LogP contribution is 2.29. The number of hydrogen-bond donors (Lipinski definition) is 1. The van der Waals surface area contributed by atoms with Gasteiger partial charge in [-0.15, -0.1) is 11.3 Å². The third-order valence-electron chi connectivity index (χ3n) is 3.81. The normalized spacial score (nSPS) is 10.8. The number of pyridine rings is 1. The Hall–Kier alpha value is -2.69. The van der Waals surface area contributed by atoms with Crippen LogP contribution in [0.5, 0.6) is 0 Å². The Kier molecular flexibility index (Phi) is 4.22. The summed E-state index contributed by atoms with van der Waals surface area (Å²) in [5, 5.41) is 4.48. The first-order valence-electron chi connectivity index (χ1n) is 7.71. The van der Waals surface area contributed by atoms with E-state index in [2.05, 4.69) is 16.4 Å². The first kappa shape index (κ1) is 15.8. The van der Waals surface area contributed by atoms with Crippen molar-refractivity contribution in [1.29, 1.82) is 0 Å². The standard InChI is InChI=1S/C20H13ClN2OS/c21-16-6-8-17(9-7-16)23-19(24)18-11-14-10-15(12-22-20(14)25-18)13-4-2-1-3-5-13/h1-12H,(H,23,24). The van der Waals surface area contributed by atoms with Crippen LogP contribution in [0.25, 0.3) is 21.3 Å². The molecule has 2 aromatic carbocycles. The molecular weight excluding hydrogens is 352 g/mol. The Morgan fingerprint density at radius 2 is 1.72 bits per heavy atom. The number of thiophene rings is 1. The van der Waals surface area contributed by atoms with Gasteiger partial charge in [0.05, 0.1) is 4.88 Å². The first-order valence-corrected chi connectivity index (χ1v) is 8.90. The van der Waals surface area contributed by atoms with E-state index in [0.717, 1.165) is 21.3 Å². The van der Waals surface area contributed by atoms with Crippen molar-refractivity contribution in [3.05, 3.63) is 82.8 Å². The predicted molar refractivity (Wildman–Crippen MR) is 104 cm³/mol. The van der Waals surface area contributed by atoms with Crippen LogP contribution in [-0.4, -0.2) is 10.9 Å². The van der Waals surface area contributed by atoms with Gasteiger partial charge < -0.3 is 5.32 Å². The Morgan fingerprint density at radius 1 is 0.960 bits per heavy atom. The lowest BCUT2D eigenvalue weighted by molar-refractivity contribution is 0.103. The number of nitrogens with one attached hydrogen (secondary N) is 1. The number of anilines is 1. The third-order valence-corrected chi connectivity index (χ3v) is 5.11. The molecule has 1 amide bonds. The third kappa shape index (κ3) is 3.40. The summed E-state index contributed by atoms with van der Waals surface area (Å²) >= 11 is 7.25. The number of rotatable bonds is 3. The van der Waals surface area contributed by atoms with Crippen LogP contribution in [0.15, 0.2) is 72.9 Å². The van der Waals surface area contributed by atoms with E-state index in [1.54, 1.807) is 24.3 Å². The molecule has 0 aliphatic rings. The van der Waals surface area contributed by atoms with E-state index in [1.807, 2.05) is 42.6 Å². The highest BCUT2D eigenvalue weighted by molar-refractivity contribution is 7.20. The van der Waals surface area contributed by atoms with Crippen molar-refractivity contribution in [1.82, 2.24) is 4.98 Å². The van der Waals surface area contributed by atoms with E-state index in [9.17, 15) is 4.79 Å². The van der Waals surface area contributed by atoms with Gasteiger partial charge in [0, 0.05) is 27.9 Å². The van der Waals surface area contributed by atoms with Gasteiger partial charge >= 0.3 is 0 Å². The number of halogens is 1. The molecule has 4 rings (SSSR count). The van der Waals surface area contributed by atoms with E-state index in [0.29, 0.717) is 15.6 Å². The van der Waals surface area contributed by atoms with Crippen LogP contribution in [0.1, 0.15) is 9.67 Å². The second-order valence-corrected chi connectivity index (χ2v) is 7.02. The number of hydrogen-bond acceptors (Lipinski definition) is 3. The van der Waals surface area contributed by atoms with E-state index >= 15 is 0 Å². The Morgan fingerprint density at radius 3 is 2.48 bits per heavy atom. The minimum Gasteiger partial charge on any atom is -0.321 e. The van der Waals surface area contributed by atoms with Crippen molar-refractivity contribution in [3.8, 4) is 11.1 Å². The second-order valence-electron chi connectivity index (χ2n) is 5.56. The van der Waals surface area contributed by atoms with E-state index in [-0.39, 0.29) is 5.91 Å². The maximum Gasteiger partial charge on any atom is 0.265 e. The fourth-order valence-corrected chi connectivity index (χ4v) is 3.56. The van der Waals surface area contributed by atoms with Crippen LogP contribution in [0.3, 0.4) is 0 Å². The summed E-state index contributed by atoms with van der Waals surface area (Å²) in [6, 6.07) is 21.1. The Labute approximate surface area is 153 Å². The topological polar surface area (TPSA) is 42.0 Å². The molecule has 0 saturated carbocycles. The highest BCUT2D eigenvalue weighted by Gasteiger charge is 2.12. The molecule has 0 atom stereocenters. The SMILES string of the molecule is O=C(Nc1ccc(Cl)cc1)c1cc2cc(-c3ccccc3)cnc2s1. The number of amides is 1. The molecular formula is C20H13ClN2OS. The zero-order valence-electron chi connectivity index (χ0n) is 13.1. The predicted octanol–water partition coefficient (Wildman–Crippen LogP) is 5.87. The van der Waals surface area contributed by atoms with Crippen molar-refractivity contribution in [2.75, 3.05) is 5.32 Å². The van der Waals surface area contributed by atoms with Crippen molar-refractivity contribution < 1.29 is 4.79 Å². The number of nitrogens with zero attached hydrogens (tertiary/aromatic N) is 1. The molecule has 0 spiro atoms. The van der Waals surface area contributed by atoms with Gasteiger partial charge in [0.25, 0.3) is 5.91 Å². The molecule has 4 aromatic rings. The van der Waals surface area contributed by atoms with Gasteiger partial charge in [-0.1, -0.05) is 41.9 Å². The summed E-state index contributed by atoms with van der Waals surface area (Å²) in [5.74, 6) is -0.147. The van der Waals surface area contributed by atoms with Crippen LogP contribution >= 0.6 is 22.9 Å². The number of benzene rings is 2. The van der Waals surface area contributed by atoms with Gasteiger partial charge in [-0.25, -0.2) is 4.98 Å². The zero-order valence-corrected chi connectivity index (χ0v) is 14.6. The number of carbonyl (C=O) groups excluding carboxylic acids is 1. The van der Waals surface area contributed by atoms with Gasteiger partial charge in [-0.2, -0.15) is 0 Å². The molecule has 0 saturated heterocycles. The number of fused-ring (bicyclic) bond motifs is 1. The number of carbonyl (C=O) groups is 1. The lowest BCUT2D eigenvalue weighted by atomic mass is 10.1. The Balaban J connectivity index is 1.62.